The Balaban J connectivity index is 2.09. The third-order valence-electron chi connectivity index (χ3n) is 3.72. The summed E-state index contributed by atoms with van der Waals surface area (Å²) in [6.45, 7) is 2.18. The molecule has 17 heavy (non-hydrogen) atoms. The van der Waals surface area contributed by atoms with E-state index in [9.17, 15) is 0 Å². The van der Waals surface area contributed by atoms with Gasteiger partial charge in [0.25, 0.3) is 0 Å². The molecule has 0 amide bonds. The lowest BCUT2D eigenvalue weighted by molar-refractivity contribution is 0.189. The van der Waals surface area contributed by atoms with E-state index in [2.05, 4.69) is 24.1 Å². The summed E-state index contributed by atoms with van der Waals surface area (Å²) in [6.07, 6.45) is 3.02. The van der Waals surface area contributed by atoms with Crippen LogP contribution in [0.4, 0.5) is 0 Å². The number of benzene rings is 1. The molecular weight excluding hydrogens is 212 g/mol. The van der Waals surface area contributed by atoms with Crippen LogP contribution < -0.4 is 10.5 Å². The first kappa shape index (κ1) is 12.4. The highest BCUT2D eigenvalue weighted by Gasteiger charge is 2.30. The van der Waals surface area contributed by atoms with Crippen molar-refractivity contribution in [3.05, 3.63) is 29.8 Å². The summed E-state index contributed by atoms with van der Waals surface area (Å²) in [4.78, 5) is 2.34. The SMILES string of the molecule is COc1ccccc1CC1(N)CCN(C)CC1. The number of methoxy groups -OCH3 is 1. The first-order chi connectivity index (χ1) is 8.13. The Morgan fingerprint density at radius 1 is 1.29 bits per heavy atom. The maximum absolute atomic E-state index is 6.49. The third kappa shape index (κ3) is 2.99. The zero-order valence-corrected chi connectivity index (χ0v) is 10.8. The van der Waals surface area contributed by atoms with Crippen LogP contribution in [0.15, 0.2) is 24.3 Å². The second-order valence-corrected chi connectivity index (χ2v) is 5.15. The largest absolute Gasteiger partial charge is 0.496 e. The van der Waals surface area contributed by atoms with E-state index in [1.54, 1.807) is 7.11 Å². The molecule has 0 aromatic heterocycles. The van der Waals surface area contributed by atoms with Gasteiger partial charge in [-0.3, -0.25) is 0 Å². The summed E-state index contributed by atoms with van der Waals surface area (Å²) in [7, 11) is 3.87. The smallest absolute Gasteiger partial charge is 0.122 e. The van der Waals surface area contributed by atoms with Gasteiger partial charge in [0.05, 0.1) is 7.11 Å². The van der Waals surface area contributed by atoms with Crippen molar-refractivity contribution in [2.24, 2.45) is 5.73 Å². The minimum atomic E-state index is -0.0683. The molecule has 1 aliphatic heterocycles. The fourth-order valence-electron chi connectivity index (χ4n) is 2.47. The van der Waals surface area contributed by atoms with E-state index in [0.717, 1.165) is 38.1 Å². The predicted molar refractivity (Wildman–Crippen MR) is 70.3 cm³/mol. The normalized spacial score (nSPS) is 20.2. The minimum Gasteiger partial charge on any atom is -0.496 e. The molecule has 1 aromatic carbocycles. The van der Waals surface area contributed by atoms with Gasteiger partial charge in [-0.2, -0.15) is 0 Å². The van der Waals surface area contributed by atoms with E-state index in [-0.39, 0.29) is 5.54 Å². The molecule has 0 atom stereocenters. The second-order valence-electron chi connectivity index (χ2n) is 5.15. The van der Waals surface area contributed by atoms with Crippen molar-refractivity contribution in [2.75, 3.05) is 27.2 Å². The number of likely N-dealkylation sites (tertiary alicyclic amines) is 1. The maximum Gasteiger partial charge on any atom is 0.122 e. The van der Waals surface area contributed by atoms with E-state index in [0.29, 0.717) is 0 Å². The van der Waals surface area contributed by atoms with Gasteiger partial charge < -0.3 is 15.4 Å². The first-order valence-electron chi connectivity index (χ1n) is 6.22. The highest BCUT2D eigenvalue weighted by molar-refractivity contribution is 5.34. The topological polar surface area (TPSA) is 38.5 Å². The molecule has 1 saturated heterocycles. The van der Waals surface area contributed by atoms with E-state index < -0.39 is 0 Å². The Kier molecular flexibility index (Phi) is 3.69. The summed E-state index contributed by atoms with van der Waals surface area (Å²) >= 11 is 0. The molecule has 0 aliphatic carbocycles. The van der Waals surface area contributed by atoms with Crippen molar-refractivity contribution in [1.82, 2.24) is 4.90 Å². The van der Waals surface area contributed by atoms with Gasteiger partial charge in [-0.15, -0.1) is 0 Å². The van der Waals surface area contributed by atoms with Crippen molar-refractivity contribution >= 4 is 0 Å². The van der Waals surface area contributed by atoms with E-state index in [1.807, 2.05) is 12.1 Å². The van der Waals surface area contributed by atoms with E-state index in [4.69, 9.17) is 10.5 Å². The van der Waals surface area contributed by atoms with Crippen molar-refractivity contribution in [3.63, 3.8) is 0 Å². The summed E-state index contributed by atoms with van der Waals surface area (Å²) in [5.74, 6) is 0.955. The molecule has 3 heteroatoms. The van der Waals surface area contributed by atoms with Gasteiger partial charge in [0.15, 0.2) is 0 Å². The quantitative estimate of drug-likeness (QED) is 0.864. The molecule has 94 valence electrons. The number of ether oxygens (including phenoxy) is 1. The first-order valence-corrected chi connectivity index (χ1v) is 6.22. The average molecular weight is 234 g/mol. The van der Waals surface area contributed by atoms with Gasteiger partial charge in [-0.1, -0.05) is 18.2 Å². The number of rotatable bonds is 3. The van der Waals surface area contributed by atoms with Crippen molar-refractivity contribution in [2.45, 2.75) is 24.8 Å². The Bertz CT molecular complexity index is 370. The van der Waals surface area contributed by atoms with Gasteiger partial charge >= 0.3 is 0 Å². The van der Waals surface area contributed by atoms with Crippen molar-refractivity contribution in [1.29, 1.82) is 0 Å². The summed E-state index contributed by atoms with van der Waals surface area (Å²) in [6, 6.07) is 8.18. The Hall–Kier alpha value is -1.06. The molecule has 1 heterocycles. The molecule has 3 nitrogen and oxygen atoms in total. The van der Waals surface area contributed by atoms with Gasteiger partial charge in [0.2, 0.25) is 0 Å². The number of piperidine rings is 1. The van der Waals surface area contributed by atoms with Gasteiger partial charge in [-0.25, -0.2) is 0 Å². The lowest BCUT2D eigenvalue weighted by Gasteiger charge is -2.38. The summed E-state index contributed by atoms with van der Waals surface area (Å²) < 4.78 is 5.39. The molecule has 0 radical (unpaired) electrons. The summed E-state index contributed by atoms with van der Waals surface area (Å²) in [5, 5.41) is 0. The third-order valence-corrected chi connectivity index (χ3v) is 3.72. The van der Waals surface area contributed by atoms with Crippen LogP contribution >= 0.6 is 0 Å². The number of para-hydroxylation sites is 1. The Morgan fingerprint density at radius 2 is 1.94 bits per heavy atom. The molecule has 1 aromatic rings. The molecule has 0 unspecified atom stereocenters. The van der Waals surface area contributed by atoms with Crippen molar-refractivity contribution < 1.29 is 4.74 Å². The fourth-order valence-corrected chi connectivity index (χ4v) is 2.47. The van der Waals surface area contributed by atoms with E-state index in [1.165, 1.54) is 5.56 Å². The predicted octanol–water partition coefficient (Wildman–Crippen LogP) is 1.66. The van der Waals surface area contributed by atoms with Crippen LogP contribution in [0.2, 0.25) is 0 Å². The van der Waals surface area contributed by atoms with Crippen LogP contribution in [-0.2, 0) is 6.42 Å². The fraction of sp³-hybridized carbons (Fsp3) is 0.571. The van der Waals surface area contributed by atoms with Crippen LogP contribution in [0.3, 0.4) is 0 Å². The zero-order valence-electron chi connectivity index (χ0n) is 10.8. The molecular formula is C14H22N2O. The Labute approximate surface area is 104 Å². The highest BCUT2D eigenvalue weighted by Crippen LogP contribution is 2.27. The standard InChI is InChI=1S/C14H22N2O/c1-16-9-7-14(15,8-10-16)11-12-5-3-4-6-13(12)17-2/h3-6H,7-11,15H2,1-2H3. The number of hydrogen-bond acceptors (Lipinski definition) is 3. The molecule has 0 spiro atoms. The minimum absolute atomic E-state index is 0.0683. The molecule has 1 aliphatic rings. The summed E-state index contributed by atoms with van der Waals surface area (Å²) in [5.41, 5.74) is 7.65. The molecule has 2 N–H and O–H groups in total. The van der Waals surface area contributed by atoms with Crippen LogP contribution in [-0.4, -0.2) is 37.7 Å². The monoisotopic (exact) mass is 234 g/mol. The van der Waals surface area contributed by atoms with Gasteiger partial charge in [0.1, 0.15) is 5.75 Å². The van der Waals surface area contributed by atoms with Crippen LogP contribution in [0.5, 0.6) is 5.75 Å². The molecule has 0 bridgehead atoms. The van der Waals surface area contributed by atoms with Gasteiger partial charge in [0, 0.05) is 5.54 Å². The number of nitrogens with zero attached hydrogens (tertiary/aromatic N) is 1. The zero-order chi connectivity index (χ0) is 12.3. The van der Waals surface area contributed by atoms with Crippen LogP contribution in [0, 0.1) is 0 Å². The van der Waals surface area contributed by atoms with Gasteiger partial charge in [-0.05, 0) is 51.0 Å². The molecule has 2 rings (SSSR count). The highest BCUT2D eigenvalue weighted by atomic mass is 16.5. The lowest BCUT2D eigenvalue weighted by atomic mass is 9.83. The second kappa shape index (κ2) is 5.07. The molecule has 1 fully saturated rings. The van der Waals surface area contributed by atoms with Crippen LogP contribution in [0.25, 0.3) is 0 Å². The van der Waals surface area contributed by atoms with Crippen molar-refractivity contribution in [3.8, 4) is 5.75 Å². The Morgan fingerprint density at radius 3 is 2.59 bits per heavy atom. The maximum atomic E-state index is 6.49. The number of hydrogen-bond donors (Lipinski definition) is 1. The number of nitrogens with two attached hydrogens (primary N) is 1. The van der Waals surface area contributed by atoms with Crippen LogP contribution in [0.1, 0.15) is 18.4 Å². The lowest BCUT2D eigenvalue weighted by Crippen LogP contribution is -2.50. The molecule has 0 saturated carbocycles. The van der Waals surface area contributed by atoms with E-state index >= 15 is 0 Å². The average Bonchev–Trinajstić information content (AvgIpc) is 2.34.